The van der Waals surface area contributed by atoms with Crippen LogP contribution in [0.4, 0.5) is 4.79 Å². The number of hydrogen-bond donors (Lipinski definition) is 2. The van der Waals surface area contributed by atoms with Crippen molar-refractivity contribution in [2.24, 2.45) is 11.3 Å². The smallest absolute Gasteiger partial charge is 0.407 e. The number of alkyl carbamates (subject to hydrolysis) is 1. The number of carbonyl (C=O) groups is 1. The fourth-order valence-electron chi connectivity index (χ4n) is 2.69. The molecule has 0 aromatic rings. The largest absolute Gasteiger partial charge is 0.444 e. The van der Waals surface area contributed by atoms with Crippen molar-refractivity contribution >= 4 is 6.09 Å². The number of ether oxygens (including phenoxy) is 1. The number of carbonyl (C=O) groups excluding carboxylic acids is 1. The number of nitrogens with one attached hydrogen (secondary N) is 2. The molecule has 124 valence electrons. The van der Waals surface area contributed by atoms with E-state index in [0.717, 1.165) is 6.54 Å². The lowest BCUT2D eigenvalue weighted by Crippen LogP contribution is -2.47. The van der Waals surface area contributed by atoms with Crippen molar-refractivity contribution in [3.8, 4) is 0 Å². The van der Waals surface area contributed by atoms with Crippen LogP contribution in [0.3, 0.4) is 0 Å². The van der Waals surface area contributed by atoms with Crippen molar-refractivity contribution in [1.29, 1.82) is 0 Å². The van der Waals surface area contributed by atoms with Crippen molar-refractivity contribution in [1.82, 2.24) is 10.6 Å². The molecule has 0 aliphatic heterocycles. The minimum Gasteiger partial charge on any atom is -0.444 e. The highest BCUT2D eigenvalue weighted by Gasteiger charge is 2.27. The van der Waals surface area contributed by atoms with E-state index in [9.17, 15) is 4.79 Å². The Kier molecular flexibility index (Phi) is 6.51. The van der Waals surface area contributed by atoms with E-state index in [1.54, 1.807) is 0 Å². The van der Waals surface area contributed by atoms with Crippen LogP contribution in [0.15, 0.2) is 0 Å². The number of hydrogen-bond acceptors (Lipinski definition) is 3. The summed E-state index contributed by atoms with van der Waals surface area (Å²) in [6.07, 6.45) is 4.62. The van der Waals surface area contributed by atoms with Crippen LogP contribution < -0.4 is 10.6 Å². The van der Waals surface area contributed by atoms with Gasteiger partial charge < -0.3 is 15.4 Å². The number of rotatable bonds is 4. The van der Waals surface area contributed by atoms with Gasteiger partial charge in [-0.15, -0.1) is 0 Å². The molecule has 0 saturated heterocycles. The van der Waals surface area contributed by atoms with Crippen LogP contribution in [-0.2, 0) is 4.74 Å². The van der Waals surface area contributed by atoms with Crippen LogP contribution in [0, 0.1) is 11.3 Å². The lowest BCUT2D eigenvalue weighted by molar-refractivity contribution is 0.0510. The summed E-state index contributed by atoms with van der Waals surface area (Å²) in [5, 5.41) is 6.63. The maximum Gasteiger partial charge on any atom is 0.407 e. The Morgan fingerprint density at radius 1 is 1.10 bits per heavy atom. The maximum atomic E-state index is 11.8. The maximum absolute atomic E-state index is 11.8. The van der Waals surface area contributed by atoms with Crippen molar-refractivity contribution in [2.75, 3.05) is 13.1 Å². The molecule has 2 atom stereocenters. The molecule has 0 radical (unpaired) electrons. The molecule has 2 unspecified atom stereocenters. The first kappa shape index (κ1) is 18.3. The van der Waals surface area contributed by atoms with Crippen molar-refractivity contribution in [3.63, 3.8) is 0 Å². The molecule has 1 rings (SSSR count). The van der Waals surface area contributed by atoms with Crippen LogP contribution in [-0.4, -0.2) is 30.8 Å². The fraction of sp³-hybridized carbons (Fsp3) is 0.941. The highest BCUT2D eigenvalue weighted by molar-refractivity contribution is 5.67. The lowest BCUT2D eigenvalue weighted by atomic mass is 9.83. The Bertz CT molecular complexity index is 329. The summed E-state index contributed by atoms with van der Waals surface area (Å²) in [4.78, 5) is 11.8. The molecule has 4 heteroatoms. The Labute approximate surface area is 130 Å². The molecular weight excluding hydrogens is 264 g/mol. The van der Waals surface area contributed by atoms with Gasteiger partial charge in [-0.2, -0.15) is 0 Å². The zero-order chi connectivity index (χ0) is 16.1. The third kappa shape index (κ3) is 8.30. The minimum atomic E-state index is -0.430. The van der Waals surface area contributed by atoms with Crippen molar-refractivity contribution < 1.29 is 9.53 Å². The summed E-state index contributed by atoms with van der Waals surface area (Å²) in [7, 11) is 0. The van der Waals surface area contributed by atoms with Gasteiger partial charge >= 0.3 is 6.09 Å². The molecule has 4 nitrogen and oxygen atoms in total. The van der Waals surface area contributed by atoms with E-state index in [-0.39, 0.29) is 6.09 Å². The molecule has 1 saturated carbocycles. The summed E-state index contributed by atoms with van der Waals surface area (Å²) in [6, 6.07) is 0.507. The first-order valence-electron chi connectivity index (χ1n) is 8.27. The van der Waals surface area contributed by atoms with E-state index in [4.69, 9.17) is 4.74 Å². The Morgan fingerprint density at radius 3 is 2.29 bits per heavy atom. The third-order valence-electron chi connectivity index (χ3n) is 3.71. The SMILES string of the molecule is CC(C)(C)CNC1CCCCC1CNC(=O)OC(C)(C)C. The zero-order valence-electron chi connectivity index (χ0n) is 14.7. The van der Waals surface area contributed by atoms with Gasteiger partial charge in [0.1, 0.15) is 5.60 Å². The van der Waals surface area contributed by atoms with E-state index in [0.29, 0.717) is 23.9 Å². The number of amides is 1. The summed E-state index contributed by atoms with van der Waals surface area (Å²) >= 11 is 0. The second kappa shape index (κ2) is 7.48. The van der Waals surface area contributed by atoms with Gasteiger partial charge in [0.25, 0.3) is 0 Å². The average molecular weight is 298 g/mol. The summed E-state index contributed by atoms with van der Waals surface area (Å²) in [5.74, 6) is 0.508. The fourth-order valence-corrected chi connectivity index (χ4v) is 2.69. The standard InChI is InChI=1S/C17H34N2O2/c1-16(2,3)12-19-14-10-8-7-9-13(14)11-18-15(20)21-17(4,5)6/h13-14,19H,7-12H2,1-6H3,(H,18,20). The molecule has 0 spiro atoms. The van der Waals surface area contributed by atoms with Gasteiger partial charge in [-0.25, -0.2) is 4.79 Å². The first-order valence-corrected chi connectivity index (χ1v) is 8.27. The van der Waals surface area contributed by atoms with E-state index < -0.39 is 5.60 Å². The summed E-state index contributed by atoms with van der Waals surface area (Å²) in [6.45, 7) is 14.1. The van der Waals surface area contributed by atoms with Gasteiger partial charge in [0.15, 0.2) is 0 Å². The van der Waals surface area contributed by atoms with Crippen LogP contribution in [0.1, 0.15) is 67.2 Å². The van der Waals surface area contributed by atoms with E-state index in [1.807, 2.05) is 20.8 Å². The quantitative estimate of drug-likeness (QED) is 0.832. The monoisotopic (exact) mass is 298 g/mol. The summed E-state index contributed by atoms with van der Waals surface area (Å²) < 4.78 is 5.31. The molecule has 21 heavy (non-hydrogen) atoms. The molecule has 0 aromatic heterocycles. The second-order valence-corrected chi connectivity index (χ2v) is 8.48. The molecule has 1 aliphatic carbocycles. The average Bonchev–Trinajstić information content (AvgIpc) is 2.32. The van der Waals surface area contributed by atoms with Crippen LogP contribution in [0.25, 0.3) is 0 Å². The zero-order valence-corrected chi connectivity index (χ0v) is 14.7. The molecule has 1 fully saturated rings. The van der Waals surface area contributed by atoms with Gasteiger partial charge in [-0.05, 0) is 44.9 Å². The topological polar surface area (TPSA) is 50.4 Å². The predicted octanol–water partition coefficient (Wildman–Crippen LogP) is 3.71. The Morgan fingerprint density at radius 2 is 1.71 bits per heavy atom. The van der Waals surface area contributed by atoms with Gasteiger partial charge in [0.2, 0.25) is 0 Å². The van der Waals surface area contributed by atoms with E-state index >= 15 is 0 Å². The van der Waals surface area contributed by atoms with Crippen molar-refractivity contribution in [2.45, 2.75) is 78.9 Å². The molecule has 1 aliphatic rings. The van der Waals surface area contributed by atoms with E-state index in [1.165, 1.54) is 25.7 Å². The highest BCUT2D eigenvalue weighted by atomic mass is 16.6. The molecule has 0 aromatic carbocycles. The molecular formula is C17H34N2O2. The molecule has 0 bridgehead atoms. The van der Waals surface area contributed by atoms with Gasteiger partial charge in [0, 0.05) is 19.1 Å². The minimum absolute atomic E-state index is 0.292. The third-order valence-corrected chi connectivity index (χ3v) is 3.71. The van der Waals surface area contributed by atoms with Crippen LogP contribution >= 0.6 is 0 Å². The second-order valence-electron chi connectivity index (χ2n) is 8.48. The summed E-state index contributed by atoms with van der Waals surface area (Å²) in [5.41, 5.74) is -0.138. The first-order chi connectivity index (χ1) is 9.57. The van der Waals surface area contributed by atoms with Crippen LogP contribution in [0.5, 0.6) is 0 Å². The van der Waals surface area contributed by atoms with Gasteiger partial charge in [-0.3, -0.25) is 0 Å². The van der Waals surface area contributed by atoms with E-state index in [2.05, 4.69) is 31.4 Å². The van der Waals surface area contributed by atoms with Crippen molar-refractivity contribution in [3.05, 3.63) is 0 Å². The Hall–Kier alpha value is -0.770. The molecule has 1 amide bonds. The molecule has 0 heterocycles. The van der Waals surface area contributed by atoms with Gasteiger partial charge in [0.05, 0.1) is 0 Å². The Balaban J connectivity index is 2.41. The predicted molar refractivity (Wildman–Crippen MR) is 87.4 cm³/mol. The van der Waals surface area contributed by atoms with Gasteiger partial charge in [-0.1, -0.05) is 33.6 Å². The highest BCUT2D eigenvalue weighted by Crippen LogP contribution is 2.25. The normalized spacial score (nSPS) is 23.7. The lowest BCUT2D eigenvalue weighted by Gasteiger charge is -2.34. The molecule has 2 N–H and O–H groups in total. The van der Waals surface area contributed by atoms with Crippen LogP contribution in [0.2, 0.25) is 0 Å².